The van der Waals surface area contributed by atoms with Gasteiger partial charge < -0.3 is 14.7 Å². The van der Waals surface area contributed by atoms with Gasteiger partial charge >= 0.3 is 5.97 Å². The van der Waals surface area contributed by atoms with Gasteiger partial charge in [-0.3, -0.25) is 0 Å². The van der Waals surface area contributed by atoms with E-state index in [0.29, 0.717) is 24.9 Å². The number of nitrogens with zero attached hydrogens (tertiary/aromatic N) is 1. The van der Waals surface area contributed by atoms with E-state index < -0.39 is 27.0 Å². The van der Waals surface area contributed by atoms with Gasteiger partial charge in [0.1, 0.15) is 12.0 Å². The van der Waals surface area contributed by atoms with E-state index in [0.717, 1.165) is 24.9 Å². The molecular formula is C24H27ClFNO5S. The van der Waals surface area contributed by atoms with Gasteiger partial charge in [0, 0.05) is 23.7 Å². The Bertz CT molecular complexity index is 1150. The topological polar surface area (TPSA) is 83.9 Å². The van der Waals surface area contributed by atoms with Crippen molar-refractivity contribution in [2.75, 3.05) is 17.2 Å². The van der Waals surface area contributed by atoms with Crippen LogP contribution in [0, 0.1) is 5.41 Å². The van der Waals surface area contributed by atoms with E-state index in [1.54, 1.807) is 0 Å². The van der Waals surface area contributed by atoms with E-state index in [9.17, 15) is 17.6 Å². The van der Waals surface area contributed by atoms with Crippen LogP contribution in [-0.4, -0.2) is 31.8 Å². The maximum Gasteiger partial charge on any atom is 0.368 e. The lowest BCUT2D eigenvalue weighted by Crippen LogP contribution is -2.37. The fraction of sp³-hybridized carbons (Fsp3) is 0.375. The van der Waals surface area contributed by atoms with Crippen molar-refractivity contribution in [2.24, 2.45) is 5.41 Å². The zero-order valence-corrected chi connectivity index (χ0v) is 20.1. The molecule has 0 saturated heterocycles. The van der Waals surface area contributed by atoms with Crippen LogP contribution in [0.25, 0.3) is 0 Å². The van der Waals surface area contributed by atoms with Gasteiger partial charge in [0.15, 0.2) is 9.84 Å². The fourth-order valence-corrected chi connectivity index (χ4v) is 6.50. The standard InChI is InChI=1S/C24H27ClFNO5S/c1-3-5-11-24(4-2)15-27(17-9-7-6-8-10-17)20-12-18(25)21(32-14-19(26)23(28)29)13-22(20)33(30,31)16-24/h6-10,12-14H,3-5,11,15-16H2,1-2H3,(H,28,29)/b19-14-/t24-/m0/s1. The molecule has 2 aromatic carbocycles. The summed E-state index contributed by atoms with van der Waals surface area (Å²) in [5.41, 5.74) is 0.756. The van der Waals surface area contributed by atoms with Gasteiger partial charge in [0.05, 0.1) is 21.4 Å². The Balaban J connectivity index is 2.20. The first kappa shape index (κ1) is 25.1. The second-order valence-corrected chi connectivity index (χ2v) is 10.6. The van der Waals surface area contributed by atoms with Crippen LogP contribution in [0.15, 0.2) is 59.4 Å². The summed E-state index contributed by atoms with van der Waals surface area (Å²) in [6.07, 6.45) is 3.67. The summed E-state index contributed by atoms with van der Waals surface area (Å²) in [5, 5.41) is 8.74. The molecule has 9 heteroatoms. The Labute approximate surface area is 198 Å². The minimum atomic E-state index is -3.77. The van der Waals surface area contributed by atoms with Crippen molar-refractivity contribution in [1.29, 1.82) is 0 Å². The van der Waals surface area contributed by atoms with Crippen molar-refractivity contribution in [1.82, 2.24) is 0 Å². The molecule has 0 bridgehead atoms. The molecule has 178 valence electrons. The van der Waals surface area contributed by atoms with Crippen molar-refractivity contribution in [3.63, 3.8) is 0 Å². The molecular weight excluding hydrogens is 469 g/mol. The number of para-hydroxylation sites is 1. The summed E-state index contributed by atoms with van der Waals surface area (Å²) in [4.78, 5) is 12.7. The van der Waals surface area contributed by atoms with Crippen molar-refractivity contribution in [3.8, 4) is 5.75 Å². The van der Waals surface area contributed by atoms with Crippen molar-refractivity contribution >= 4 is 38.8 Å². The summed E-state index contributed by atoms with van der Waals surface area (Å²) in [6.45, 7) is 4.57. The number of sulfone groups is 1. The first-order chi connectivity index (χ1) is 15.6. The number of rotatable bonds is 8. The smallest absolute Gasteiger partial charge is 0.368 e. The molecule has 1 aliphatic heterocycles. The van der Waals surface area contributed by atoms with E-state index in [-0.39, 0.29) is 21.4 Å². The molecule has 3 rings (SSSR count). The number of aliphatic carboxylic acids is 1. The minimum Gasteiger partial charge on any atom is -0.476 e. The lowest BCUT2D eigenvalue weighted by atomic mass is 9.81. The van der Waals surface area contributed by atoms with Crippen LogP contribution in [-0.2, 0) is 14.6 Å². The first-order valence-electron chi connectivity index (χ1n) is 10.8. The van der Waals surface area contributed by atoms with Crippen LogP contribution < -0.4 is 9.64 Å². The average Bonchev–Trinajstić information content (AvgIpc) is 2.88. The number of halogens is 2. The van der Waals surface area contributed by atoms with E-state index >= 15 is 0 Å². The molecule has 0 aromatic heterocycles. The van der Waals surface area contributed by atoms with Crippen LogP contribution in [0.3, 0.4) is 0 Å². The Hall–Kier alpha value is -2.58. The van der Waals surface area contributed by atoms with Gasteiger partial charge in [0.2, 0.25) is 5.83 Å². The van der Waals surface area contributed by atoms with E-state index in [4.69, 9.17) is 21.4 Å². The van der Waals surface area contributed by atoms with Gasteiger partial charge in [0.25, 0.3) is 0 Å². The van der Waals surface area contributed by atoms with Gasteiger partial charge in [-0.1, -0.05) is 56.5 Å². The van der Waals surface area contributed by atoms with Crippen molar-refractivity contribution < 1.29 is 27.4 Å². The maximum atomic E-state index is 13.6. The summed E-state index contributed by atoms with van der Waals surface area (Å²) < 4.78 is 45.7. The highest BCUT2D eigenvalue weighted by atomic mass is 35.5. The van der Waals surface area contributed by atoms with Gasteiger partial charge in [-0.15, -0.1) is 0 Å². The minimum absolute atomic E-state index is 0.0155. The Morgan fingerprint density at radius 2 is 1.97 bits per heavy atom. The van der Waals surface area contributed by atoms with E-state index in [1.165, 1.54) is 12.1 Å². The monoisotopic (exact) mass is 495 g/mol. The molecule has 0 radical (unpaired) electrons. The predicted octanol–water partition coefficient (Wildman–Crippen LogP) is 6.13. The molecule has 0 aliphatic carbocycles. The number of carboxylic acid groups (broad SMARTS) is 1. The first-order valence-corrected chi connectivity index (χ1v) is 12.8. The summed E-state index contributed by atoms with van der Waals surface area (Å²) in [7, 11) is -3.77. The Kier molecular flexibility index (Phi) is 7.69. The molecule has 6 nitrogen and oxygen atoms in total. The van der Waals surface area contributed by atoms with Crippen LogP contribution in [0.1, 0.15) is 39.5 Å². The maximum absolute atomic E-state index is 13.6. The predicted molar refractivity (Wildman–Crippen MR) is 127 cm³/mol. The number of fused-ring (bicyclic) bond motifs is 1. The SMILES string of the molecule is CCCC[C@@]1(CC)CN(c2ccccc2)c2cc(Cl)c(O/C=C(\F)C(=O)O)cc2S(=O)(=O)C1. The summed E-state index contributed by atoms with van der Waals surface area (Å²) in [6, 6.07) is 12.2. The molecule has 1 aliphatic rings. The highest BCUT2D eigenvalue weighted by Gasteiger charge is 2.41. The third-order valence-electron chi connectivity index (χ3n) is 6.00. The zero-order chi connectivity index (χ0) is 24.2. The quantitative estimate of drug-likeness (QED) is 0.350. The molecule has 1 heterocycles. The summed E-state index contributed by atoms with van der Waals surface area (Å²) >= 11 is 6.37. The second kappa shape index (κ2) is 10.1. The fourth-order valence-electron chi connectivity index (χ4n) is 4.12. The number of hydrogen-bond donors (Lipinski definition) is 1. The molecule has 1 N–H and O–H groups in total. The Morgan fingerprint density at radius 1 is 1.27 bits per heavy atom. The normalized spacial score (nSPS) is 20.1. The third kappa shape index (κ3) is 5.50. The third-order valence-corrected chi connectivity index (χ3v) is 8.29. The van der Waals surface area contributed by atoms with E-state index in [2.05, 4.69) is 6.92 Å². The number of benzene rings is 2. The van der Waals surface area contributed by atoms with Crippen LogP contribution in [0.4, 0.5) is 15.8 Å². The van der Waals surface area contributed by atoms with Crippen molar-refractivity contribution in [2.45, 2.75) is 44.4 Å². The number of anilines is 2. The number of hydrogen-bond acceptors (Lipinski definition) is 5. The van der Waals surface area contributed by atoms with Gasteiger partial charge in [-0.25, -0.2) is 13.2 Å². The highest BCUT2D eigenvalue weighted by molar-refractivity contribution is 7.91. The summed E-state index contributed by atoms with van der Waals surface area (Å²) in [5.74, 6) is -3.51. The largest absolute Gasteiger partial charge is 0.476 e. The van der Waals surface area contributed by atoms with E-state index in [1.807, 2.05) is 42.2 Å². The zero-order valence-electron chi connectivity index (χ0n) is 18.6. The number of carboxylic acids is 1. The van der Waals surface area contributed by atoms with Crippen LogP contribution >= 0.6 is 11.6 Å². The lowest BCUT2D eigenvalue weighted by Gasteiger charge is -2.36. The second-order valence-electron chi connectivity index (χ2n) is 8.28. The molecule has 0 fully saturated rings. The molecule has 33 heavy (non-hydrogen) atoms. The molecule has 0 saturated carbocycles. The Morgan fingerprint density at radius 3 is 2.58 bits per heavy atom. The molecule has 0 spiro atoms. The number of unbranched alkanes of at least 4 members (excludes halogenated alkanes) is 1. The van der Waals surface area contributed by atoms with Crippen molar-refractivity contribution in [3.05, 3.63) is 59.6 Å². The van der Waals surface area contributed by atoms with Gasteiger partial charge in [-0.2, -0.15) is 4.39 Å². The average molecular weight is 496 g/mol. The lowest BCUT2D eigenvalue weighted by molar-refractivity contribution is -0.134. The number of ether oxygens (including phenoxy) is 1. The molecule has 0 amide bonds. The van der Waals surface area contributed by atoms with Gasteiger partial charge in [-0.05, 0) is 31.0 Å². The van der Waals surface area contributed by atoms with Crippen LogP contribution in [0.5, 0.6) is 5.75 Å². The molecule has 2 aromatic rings. The van der Waals surface area contributed by atoms with Crippen LogP contribution in [0.2, 0.25) is 5.02 Å². The highest BCUT2D eigenvalue weighted by Crippen LogP contribution is 2.46. The number of carbonyl (C=O) groups is 1. The molecule has 1 atom stereocenters. The molecule has 0 unspecified atom stereocenters.